The number of nitrogens with one attached hydrogen (secondary N) is 2. The molecular weight excluding hydrogens is 303 g/mol. The summed E-state index contributed by atoms with van der Waals surface area (Å²) in [6.45, 7) is 2.45. The zero-order valence-corrected chi connectivity index (χ0v) is 13.3. The highest BCUT2D eigenvalue weighted by atomic mass is 35.5. The van der Waals surface area contributed by atoms with E-state index in [1.807, 2.05) is 6.07 Å². The van der Waals surface area contributed by atoms with Gasteiger partial charge in [0.15, 0.2) is 0 Å². The molecule has 0 aromatic heterocycles. The van der Waals surface area contributed by atoms with Crippen molar-refractivity contribution in [3.8, 4) is 0 Å². The number of benzene rings is 1. The van der Waals surface area contributed by atoms with Crippen molar-refractivity contribution in [3.05, 3.63) is 47.3 Å². The Hall–Kier alpha value is -1.39. The summed E-state index contributed by atoms with van der Waals surface area (Å²) in [5.74, 6) is -0.230. The molecule has 1 aliphatic heterocycles. The van der Waals surface area contributed by atoms with E-state index >= 15 is 0 Å². The van der Waals surface area contributed by atoms with Crippen molar-refractivity contribution in [2.75, 3.05) is 19.6 Å². The SMILES string of the molecule is Cl.O=C(NCC1=CCNCC1)C1(c2cccc(F)c2)CCC1. The number of hydrogen-bond donors (Lipinski definition) is 2. The molecule has 0 atom stereocenters. The second-order valence-corrected chi connectivity index (χ2v) is 5.95. The fourth-order valence-electron chi connectivity index (χ4n) is 3.16. The van der Waals surface area contributed by atoms with Gasteiger partial charge in [-0.15, -0.1) is 12.4 Å². The lowest BCUT2D eigenvalue weighted by atomic mass is 9.63. The summed E-state index contributed by atoms with van der Waals surface area (Å²) < 4.78 is 13.5. The highest BCUT2D eigenvalue weighted by Gasteiger charge is 2.45. The molecule has 0 unspecified atom stereocenters. The van der Waals surface area contributed by atoms with Crippen LogP contribution < -0.4 is 10.6 Å². The van der Waals surface area contributed by atoms with Crippen LogP contribution in [-0.2, 0) is 10.2 Å². The van der Waals surface area contributed by atoms with Gasteiger partial charge in [0.05, 0.1) is 5.41 Å². The van der Waals surface area contributed by atoms with Crippen molar-refractivity contribution >= 4 is 18.3 Å². The molecule has 120 valence electrons. The van der Waals surface area contributed by atoms with Crippen molar-refractivity contribution < 1.29 is 9.18 Å². The molecule has 5 heteroatoms. The van der Waals surface area contributed by atoms with E-state index < -0.39 is 5.41 Å². The van der Waals surface area contributed by atoms with E-state index in [9.17, 15) is 9.18 Å². The predicted molar refractivity (Wildman–Crippen MR) is 87.8 cm³/mol. The largest absolute Gasteiger partial charge is 0.352 e. The average Bonchev–Trinajstić information content (AvgIpc) is 2.45. The third-order valence-corrected chi connectivity index (χ3v) is 4.65. The average molecular weight is 325 g/mol. The molecule has 0 spiro atoms. The third kappa shape index (κ3) is 3.33. The Morgan fingerprint density at radius 1 is 1.36 bits per heavy atom. The van der Waals surface area contributed by atoms with Crippen molar-refractivity contribution in [2.45, 2.75) is 31.1 Å². The molecule has 1 heterocycles. The number of carbonyl (C=O) groups is 1. The fraction of sp³-hybridized carbons (Fsp3) is 0.471. The molecule has 0 radical (unpaired) electrons. The summed E-state index contributed by atoms with van der Waals surface area (Å²) in [6, 6.07) is 6.48. The van der Waals surface area contributed by atoms with Crippen LogP contribution in [0.15, 0.2) is 35.9 Å². The number of amides is 1. The molecule has 1 fully saturated rings. The quantitative estimate of drug-likeness (QED) is 0.836. The number of halogens is 2. The minimum atomic E-state index is -0.518. The third-order valence-electron chi connectivity index (χ3n) is 4.65. The van der Waals surface area contributed by atoms with Crippen LogP contribution in [0.2, 0.25) is 0 Å². The summed E-state index contributed by atoms with van der Waals surface area (Å²) >= 11 is 0. The van der Waals surface area contributed by atoms with Gasteiger partial charge in [0.1, 0.15) is 5.82 Å². The molecular formula is C17H22ClFN2O. The Balaban J connectivity index is 0.00000176. The van der Waals surface area contributed by atoms with E-state index in [1.165, 1.54) is 17.7 Å². The second kappa shape index (κ2) is 7.25. The zero-order valence-electron chi connectivity index (χ0n) is 12.5. The summed E-state index contributed by atoms with van der Waals surface area (Å²) in [7, 11) is 0. The summed E-state index contributed by atoms with van der Waals surface area (Å²) in [5.41, 5.74) is 1.57. The first kappa shape index (κ1) is 17.0. The summed E-state index contributed by atoms with van der Waals surface area (Å²) in [4.78, 5) is 12.6. The Bertz CT molecular complexity index is 570. The minimum absolute atomic E-state index is 0. The molecule has 3 nitrogen and oxygen atoms in total. The van der Waals surface area contributed by atoms with Crippen LogP contribution in [0.5, 0.6) is 0 Å². The Labute approximate surface area is 136 Å². The van der Waals surface area contributed by atoms with Crippen LogP contribution in [0.1, 0.15) is 31.2 Å². The molecule has 1 aliphatic carbocycles. The molecule has 1 saturated carbocycles. The first-order valence-corrected chi connectivity index (χ1v) is 7.64. The molecule has 2 N–H and O–H groups in total. The number of rotatable bonds is 4. The van der Waals surface area contributed by atoms with Crippen molar-refractivity contribution in [2.24, 2.45) is 0 Å². The van der Waals surface area contributed by atoms with Gasteiger partial charge >= 0.3 is 0 Å². The van der Waals surface area contributed by atoms with Crippen molar-refractivity contribution in [3.63, 3.8) is 0 Å². The first-order chi connectivity index (χ1) is 10.2. The van der Waals surface area contributed by atoms with E-state index in [0.717, 1.165) is 44.3 Å². The van der Waals surface area contributed by atoms with Crippen LogP contribution in [0.4, 0.5) is 4.39 Å². The van der Waals surface area contributed by atoms with Gasteiger partial charge in [0.25, 0.3) is 0 Å². The Morgan fingerprint density at radius 2 is 2.18 bits per heavy atom. The standard InChI is InChI=1S/C17H21FN2O.ClH/c18-15-4-1-3-14(11-15)17(7-2-8-17)16(21)20-12-13-5-9-19-10-6-13;/h1,3-5,11,19H,2,6-10,12H2,(H,20,21);1H. The molecule has 0 saturated heterocycles. The van der Waals surface area contributed by atoms with Gasteiger partial charge < -0.3 is 10.6 Å². The van der Waals surface area contributed by atoms with Gasteiger partial charge in [0.2, 0.25) is 5.91 Å². The predicted octanol–water partition coefficient (Wildman–Crippen LogP) is 2.71. The topological polar surface area (TPSA) is 41.1 Å². The van der Waals surface area contributed by atoms with Gasteiger partial charge in [-0.25, -0.2) is 4.39 Å². The lowest BCUT2D eigenvalue weighted by Crippen LogP contribution is -2.49. The van der Waals surface area contributed by atoms with Gasteiger partial charge in [-0.3, -0.25) is 4.79 Å². The van der Waals surface area contributed by atoms with Gasteiger partial charge in [-0.2, -0.15) is 0 Å². The maximum Gasteiger partial charge on any atom is 0.230 e. The van der Waals surface area contributed by atoms with Crippen LogP contribution in [0, 0.1) is 5.82 Å². The molecule has 22 heavy (non-hydrogen) atoms. The van der Waals surface area contributed by atoms with Crippen LogP contribution in [-0.4, -0.2) is 25.5 Å². The second-order valence-electron chi connectivity index (χ2n) is 5.95. The number of hydrogen-bond acceptors (Lipinski definition) is 2. The van der Waals surface area contributed by atoms with Crippen molar-refractivity contribution in [1.82, 2.24) is 10.6 Å². The maximum absolute atomic E-state index is 13.5. The smallest absolute Gasteiger partial charge is 0.230 e. The highest BCUT2D eigenvalue weighted by Crippen LogP contribution is 2.44. The van der Waals surface area contributed by atoms with Crippen LogP contribution >= 0.6 is 12.4 Å². The summed E-state index contributed by atoms with van der Waals surface area (Å²) in [6.07, 6.45) is 5.76. The normalized spacial score (nSPS) is 19.4. The molecule has 3 rings (SSSR count). The molecule has 1 aromatic carbocycles. The van der Waals surface area contributed by atoms with Gasteiger partial charge in [0, 0.05) is 13.1 Å². The Morgan fingerprint density at radius 3 is 2.77 bits per heavy atom. The minimum Gasteiger partial charge on any atom is -0.352 e. The van der Waals surface area contributed by atoms with Gasteiger partial charge in [-0.05, 0) is 43.5 Å². The molecule has 1 aromatic rings. The van der Waals surface area contributed by atoms with Crippen LogP contribution in [0.3, 0.4) is 0 Å². The summed E-state index contributed by atoms with van der Waals surface area (Å²) in [5, 5.41) is 6.31. The van der Waals surface area contributed by atoms with Crippen LogP contribution in [0.25, 0.3) is 0 Å². The maximum atomic E-state index is 13.5. The van der Waals surface area contributed by atoms with E-state index in [0.29, 0.717) is 6.54 Å². The highest BCUT2D eigenvalue weighted by molar-refractivity contribution is 5.89. The first-order valence-electron chi connectivity index (χ1n) is 7.64. The monoisotopic (exact) mass is 324 g/mol. The van der Waals surface area contributed by atoms with E-state index in [4.69, 9.17) is 0 Å². The lowest BCUT2D eigenvalue weighted by Gasteiger charge is -2.40. The van der Waals surface area contributed by atoms with Crippen molar-refractivity contribution in [1.29, 1.82) is 0 Å². The zero-order chi connectivity index (χ0) is 14.7. The molecule has 1 amide bonds. The number of carbonyl (C=O) groups excluding carboxylic acids is 1. The fourth-order valence-corrected chi connectivity index (χ4v) is 3.16. The molecule has 2 aliphatic rings. The van der Waals surface area contributed by atoms with E-state index in [-0.39, 0.29) is 24.1 Å². The molecule has 0 bridgehead atoms. The van der Waals surface area contributed by atoms with Gasteiger partial charge in [-0.1, -0.05) is 30.2 Å². The Kier molecular flexibility index (Phi) is 5.59. The lowest BCUT2D eigenvalue weighted by molar-refractivity contribution is -0.129. The van der Waals surface area contributed by atoms with E-state index in [2.05, 4.69) is 16.7 Å². The van der Waals surface area contributed by atoms with E-state index in [1.54, 1.807) is 6.07 Å².